The van der Waals surface area contributed by atoms with Gasteiger partial charge in [0.1, 0.15) is 5.84 Å². The fraction of sp³-hybridized carbons (Fsp3) is 0.583. The highest BCUT2D eigenvalue weighted by atomic mass is 16.5. The zero-order chi connectivity index (χ0) is 21.5. The number of hydrogen-bond donors (Lipinski definition) is 2. The number of carbonyl (C=O) groups excluding carboxylic acids is 1. The van der Waals surface area contributed by atoms with E-state index in [9.17, 15) is 4.79 Å². The number of alkyl carbamates (subject to hydrolysis) is 1. The van der Waals surface area contributed by atoms with Crippen molar-refractivity contribution < 1.29 is 9.53 Å². The number of unbranched alkanes of at least 4 members (excludes halogenated alkanes) is 2. The van der Waals surface area contributed by atoms with E-state index < -0.39 is 0 Å². The molecule has 1 rings (SSSR count). The Morgan fingerprint density at radius 2 is 1.86 bits per heavy atom. The quantitative estimate of drug-likeness (QED) is 0.238. The molecule has 29 heavy (non-hydrogen) atoms. The van der Waals surface area contributed by atoms with Crippen molar-refractivity contribution in [3.8, 4) is 0 Å². The molecule has 0 aliphatic heterocycles. The number of rotatable bonds is 13. The maximum Gasteiger partial charge on any atom is 0.407 e. The summed E-state index contributed by atoms with van der Waals surface area (Å²) >= 11 is 0. The molecule has 0 saturated carbocycles. The minimum Gasteiger partial charge on any atom is -0.450 e. The van der Waals surface area contributed by atoms with E-state index in [0.29, 0.717) is 19.1 Å². The van der Waals surface area contributed by atoms with Crippen molar-refractivity contribution in [3.05, 3.63) is 42.1 Å². The lowest BCUT2D eigenvalue weighted by molar-refractivity contribution is 0.151. The molecular weight excluding hydrogens is 362 g/mol. The number of ether oxygens (including phenoxy) is 1. The highest BCUT2D eigenvalue weighted by molar-refractivity contribution is 5.83. The molecule has 0 saturated heterocycles. The van der Waals surface area contributed by atoms with Gasteiger partial charge in [0.2, 0.25) is 0 Å². The highest BCUT2D eigenvalue weighted by Gasteiger charge is 2.12. The van der Waals surface area contributed by atoms with Crippen molar-refractivity contribution in [1.82, 2.24) is 10.6 Å². The van der Waals surface area contributed by atoms with Crippen LogP contribution >= 0.6 is 0 Å². The molecule has 0 radical (unpaired) electrons. The zero-order valence-corrected chi connectivity index (χ0v) is 18.7. The van der Waals surface area contributed by atoms with Crippen LogP contribution in [-0.4, -0.2) is 25.1 Å². The predicted molar refractivity (Wildman–Crippen MR) is 123 cm³/mol. The first-order valence-corrected chi connectivity index (χ1v) is 11.0. The number of benzene rings is 1. The predicted octanol–water partition coefficient (Wildman–Crippen LogP) is 6.13. The molecule has 1 amide bonds. The Morgan fingerprint density at radius 1 is 1.14 bits per heavy atom. The molecule has 0 spiro atoms. The molecule has 2 N–H and O–H groups in total. The van der Waals surface area contributed by atoms with Gasteiger partial charge >= 0.3 is 6.09 Å². The van der Waals surface area contributed by atoms with Gasteiger partial charge in [-0.2, -0.15) is 0 Å². The van der Waals surface area contributed by atoms with E-state index in [-0.39, 0.29) is 6.09 Å². The van der Waals surface area contributed by atoms with Crippen molar-refractivity contribution in [2.24, 2.45) is 10.9 Å². The smallest absolute Gasteiger partial charge is 0.407 e. The monoisotopic (exact) mass is 401 g/mol. The molecular formula is C24H39N3O2. The number of allylic oxidation sites excluding steroid dienone is 1. The third kappa shape index (κ3) is 11.3. The topological polar surface area (TPSA) is 62.7 Å². The number of aryl methyl sites for hydroxylation is 1. The number of nitrogens with one attached hydrogen (secondary N) is 2. The van der Waals surface area contributed by atoms with Crippen LogP contribution < -0.4 is 10.6 Å². The van der Waals surface area contributed by atoms with Gasteiger partial charge in [-0.25, -0.2) is 9.79 Å². The Labute approximate surface area is 177 Å². The maximum atomic E-state index is 11.5. The standard InChI is InChI=1S/C24H39N3O2/c1-6-9-10-11-22(16-17-25-24(28)29-8-3)18-19(4)26-20(5)27-23-14-12-21(7-2)13-15-23/h12-15,22H,4,6-11,16-18H2,1-3,5H3,(H,25,28)(H,26,27). The fourth-order valence-corrected chi connectivity index (χ4v) is 3.28. The Bertz CT molecular complexity index is 638. The number of amides is 1. The van der Waals surface area contributed by atoms with Gasteiger partial charge in [0, 0.05) is 12.2 Å². The van der Waals surface area contributed by atoms with Crippen LogP contribution in [0.25, 0.3) is 0 Å². The first-order chi connectivity index (χ1) is 14.0. The summed E-state index contributed by atoms with van der Waals surface area (Å²) < 4.78 is 4.93. The lowest BCUT2D eigenvalue weighted by atomic mass is 9.93. The normalized spacial score (nSPS) is 12.3. The molecule has 0 aliphatic rings. The van der Waals surface area contributed by atoms with Crippen LogP contribution in [0.1, 0.15) is 71.8 Å². The van der Waals surface area contributed by atoms with E-state index in [1.807, 2.05) is 26.0 Å². The lowest BCUT2D eigenvalue weighted by Crippen LogP contribution is -2.27. The summed E-state index contributed by atoms with van der Waals surface area (Å²) in [7, 11) is 0. The number of carbonyl (C=O) groups is 1. The van der Waals surface area contributed by atoms with Gasteiger partial charge < -0.3 is 15.4 Å². The molecule has 0 bridgehead atoms. The highest BCUT2D eigenvalue weighted by Crippen LogP contribution is 2.20. The van der Waals surface area contributed by atoms with Crippen molar-refractivity contribution in [3.63, 3.8) is 0 Å². The average Bonchev–Trinajstić information content (AvgIpc) is 2.68. The molecule has 0 fully saturated rings. The van der Waals surface area contributed by atoms with Gasteiger partial charge in [0.25, 0.3) is 0 Å². The van der Waals surface area contributed by atoms with E-state index in [0.717, 1.165) is 42.9 Å². The molecule has 0 aliphatic carbocycles. The summed E-state index contributed by atoms with van der Waals surface area (Å²) in [6.45, 7) is 13.4. The summed E-state index contributed by atoms with van der Waals surface area (Å²) in [5.74, 6) is 1.32. The van der Waals surface area contributed by atoms with Crippen molar-refractivity contribution in [2.75, 3.05) is 13.2 Å². The number of aliphatic imine (C=N–C) groups is 1. The minimum atomic E-state index is -0.339. The van der Waals surface area contributed by atoms with Crippen LogP contribution in [0.3, 0.4) is 0 Å². The zero-order valence-electron chi connectivity index (χ0n) is 18.7. The van der Waals surface area contributed by atoms with Crippen LogP contribution in [0, 0.1) is 5.92 Å². The van der Waals surface area contributed by atoms with Gasteiger partial charge in [-0.15, -0.1) is 0 Å². The molecule has 1 aromatic carbocycles. The third-order valence-electron chi connectivity index (χ3n) is 4.85. The van der Waals surface area contributed by atoms with E-state index >= 15 is 0 Å². The van der Waals surface area contributed by atoms with Gasteiger partial charge in [-0.05, 0) is 56.7 Å². The summed E-state index contributed by atoms with van der Waals surface area (Å²) in [5.41, 5.74) is 3.22. The van der Waals surface area contributed by atoms with Crippen LogP contribution in [0.5, 0.6) is 0 Å². The van der Waals surface area contributed by atoms with Crippen LogP contribution in [0.4, 0.5) is 10.5 Å². The molecule has 0 heterocycles. The summed E-state index contributed by atoms with van der Waals surface area (Å²) in [6, 6.07) is 8.31. The van der Waals surface area contributed by atoms with Gasteiger partial charge in [0.05, 0.1) is 12.3 Å². The summed E-state index contributed by atoms with van der Waals surface area (Å²) in [5, 5.41) is 6.17. The maximum absolute atomic E-state index is 11.5. The molecule has 5 nitrogen and oxygen atoms in total. The first kappa shape index (κ1) is 24.7. The van der Waals surface area contributed by atoms with E-state index in [1.165, 1.54) is 24.8 Å². The molecule has 162 valence electrons. The van der Waals surface area contributed by atoms with Gasteiger partial charge in [0.15, 0.2) is 0 Å². The van der Waals surface area contributed by atoms with Crippen molar-refractivity contribution in [2.45, 2.75) is 72.6 Å². The lowest BCUT2D eigenvalue weighted by Gasteiger charge is -2.19. The number of hydrogen-bond acceptors (Lipinski definition) is 3. The number of amidine groups is 1. The Morgan fingerprint density at radius 3 is 2.48 bits per heavy atom. The third-order valence-corrected chi connectivity index (χ3v) is 4.85. The Kier molecular flexibility index (Phi) is 12.5. The van der Waals surface area contributed by atoms with Crippen LogP contribution in [-0.2, 0) is 11.2 Å². The largest absolute Gasteiger partial charge is 0.450 e. The summed E-state index contributed by atoms with van der Waals surface area (Å²) in [6.07, 6.45) is 7.24. The van der Waals surface area contributed by atoms with Gasteiger partial charge in [-0.3, -0.25) is 0 Å². The number of nitrogens with zero attached hydrogens (tertiary/aromatic N) is 1. The van der Waals surface area contributed by atoms with E-state index in [1.54, 1.807) is 0 Å². The second-order valence-corrected chi connectivity index (χ2v) is 7.45. The Hall–Kier alpha value is -2.30. The van der Waals surface area contributed by atoms with E-state index in [4.69, 9.17) is 4.74 Å². The van der Waals surface area contributed by atoms with Crippen molar-refractivity contribution in [1.29, 1.82) is 0 Å². The van der Waals surface area contributed by atoms with E-state index in [2.05, 4.69) is 48.2 Å². The summed E-state index contributed by atoms with van der Waals surface area (Å²) in [4.78, 5) is 16.1. The van der Waals surface area contributed by atoms with Crippen molar-refractivity contribution >= 4 is 17.6 Å². The van der Waals surface area contributed by atoms with Gasteiger partial charge in [-0.1, -0.05) is 58.2 Å². The SMILES string of the molecule is C=C(CC(CCCCC)CCNC(=O)OCC)NC(C)=Nc1ccc(CC)cc1. The fourth-order valence-electron chi connectivity index (χ4n) is 3.28. The molecule has 1 atom stereocenters. The molecule has 1 aromatic rings. The average molecular weight is 402 g/mol. The second kappa shape index (κ2) is 14.7. The minimum absolute atomic E-state index is 0.339. The molecule has 0 aromatic heterocycles. The Balaban J connectivity index is 2.54. The van der Waals surface area contributed by atoms with Crippen LogP contribution in [0.15, 0.2) is 41.5 Å². The molecule has 1 unspecified atom stereocenters. The molecule has 5 heteroatoms. The van der Waals surface area contributed by atoms with Crippen LogP contribution in [0.2, 0.25) is 0 Å². The second-order valence-electron chi connectivity index (χ2n) is 7.45. The first-order valence-electron chi connectivity index (χ1n) is 11.0.